The summed E-state index contributed by atoms with van der Waals surface area (Å²) in [6.45, 7) is 19.9. The van der Waals surface area contributed by atoms with E-state index in [0.29, 0.717) is 29.6 Å². The van der Waals surface area contributed by atoms with E-state index in [2.05, 4.69) is 194 Å². The van der Waals surface area contributed by atoms with Crippen molar-refractivity contribution in [1.29, 1.82) is 5.26 Å². The Bertz CT molecular complexity index is 4050. The SMILES string of the molecule is CCCC1(CCC)c2ccccc2-c2ccc(N(c3ccc(-c4sc(/C=C(\C#N)C(=O)O)c5c4OCCO5)cc3)c3ccc4c(c3)C(CCC)(CCC)c3c5c(c6c(c3-4)C(CCC)(CCC)c3ccccc3-6)C(CCC)(CCC)c3ccccc3-5)cc21. The lowest BCUT2D eigenvalue weighted by molar-refractivity contribution is -0.132. The summed E-state index contributed by atoms with van der Waals surface area (Å²) in [4.78, 5) is 16.0. The molecule has 0 saturated carbocycles. The van der Waals surface area contributed by atoms with Crippen molar-refractivity contribution in [3.05, 3.63) is 188 Å². The number of rotatable bonds is 22. The average Bonchev–Trinajstić information content (AvgIpc) is 1.53. The molecule has 444 valence electrons. The van der Waals surface area contributed by atoms with Crippen LogP contribution >= 0.6 is 11.3 Å². The van der Waals surface area contributed by atoms with Crippen LogP contribution in [0.3, 0.4) is 0 Å². The number of hydrogen-bond donors (Lipinski definition) is 1. The van der Waals surface area contributed by atoms with Crippen LogP contribution in [0.4, 0.5) is 17.1 Å². The Labute approximate surface area is 520 Å². The summed E-state index contributed by atoms with van der Waals surface area (Å²) in [5.74, 6) is -0.210. The van der Waals surface area contributed by atoms with E-state index >= 15 is 0 Å². The van der Waals surface area contributed by atoms with Crippen molar-refractivity contribution in [1.82, 2.24) is 0 Å². The number of nitrogens with zero attached hydrogens (tertiary/aromatic N) is 2. The Hall–Kier alpha value is -7.66. The van der Waals surface area contributed by atoms with Crippen LogP contribution in [0.2, 0.25) is 0 Å². The second-order valence-corrected chi connectivity index (χ2v) is 26.7. The third-order valence-electron chi connectivity index (χ3n) is 20.8. The fourth-order valence-electron chi connectivity index (χ4n) is 18.3. The van der Waals surface area contributed by atoms with Crippen molar-refractivity contribution in [3.63, 3.8) is 0 Å². The smallest absolute Gasteiger partial charge is 0.346 e. The highest BCUT2D eigenvalue weighted by Crippen LogP contribution is 2.71. The Morgan fingerprint density at radius 3 is 1.31 bits per heavy atom. The predicted molar refractivity (Wildman–Crippen MR) is 361 cm³/mol. The molecular formula is C80H84N2O4S. The van der Waals surface area contributed by atoms with Crippen LogP contribution in [-0.2, 0) is 26.5 Å². The first-order valence-electron chi connectivity index (χ1n) is 33.1. The van der Waals surface area contributed by atoms with Gasteiger partial charge in [0.15, 0.2) is 11.5 Å². The minimum atomic E-state index is -1.28. The highest BCUT2D eigenvalue weighted by atomic mass is 32.1. The fourth-order valence-corrected chi connectivity index (χ4v) is 19.4. The molecule has 0 spiro atoms. The van der Waals surface area contributed by atoms with Gasteiger partial charge in [-0.15, -0.1) is 11.3 Å². The van der Waals surface area contributed by atoms with E-state index in [1.807, 2.05) is 6.07 Å². The van der Waals surface area contributed by atoms with Crippen molar-refractivity contribution in [2.24, 2.45) is 0 Å². The highest BCUT2D eigenvalue weighted by Gasteiger charge is 2.57. The van der Waals surface area contributed by atoms with Gasteiger partial charge in [0.1, 0.15) is 24.9 Å². The molecule has 7 aromatic carbocycles. The molecule has 0 saturated heterocycles. The Morgan fingerprint density at radius 2 is 0.851 bits per heavy atom. The number of ether oxygens (including phenoxy) is 2. The molecule has 1 aliphatic heterocycles. The Kier molecular flexibility index (Phi) is 15.5. The van der Waals surface area contributed by atoms with Crippen molar-refractivity contribution >= 4 is 40.4 Å². The lowest BCUT2D eigenvalue weighted by atomic mass is 9.64. The van der Waals surface area contributed by atoms with Gasteiger partial charge in [-0.05, 0) is 188 Å². The normalized spacial score (nSPS) is 16.0. The topological polar surface area (TPSA) is 82.8 Å². The molecule has 0 unspecified atom stereocenters. The molecule has 5 aliphatic rings. The lowest BCUT2D eigenvalue weighted by Crippen LogP contribution is -2.30. The molecule has 0 atom stereocenters. The molecule has 0 radical (unpaired) electrons. The van der Waals surface area contributed by atoms with Crippen LogP contribution in [-0.4, -0.2) is 24.3 Å². The molecule has 4 aliphatic carbocycles. The van der Waals surface area contributed by atoms with Gasteiger partial charge in [-0.1, -0.05) is 204 Å². The van der Waals surface area contributed by atoms with Crippen LogP contribution in [0.5, 0.6) is 11.5 Å². The molecule has 0 bridgehead atoms. The molecule has 1 N–H and O–H groups in total. The van der Waals surface area contributed by atoms with Crippen LogP contribution in [0.25, 0.3) is 61.0 Å². The second kappa shape index (κ2) is 23.1. The maximum absolute atomic E-state index is 12.1. The number of hydrogen-bond acceptors (Lipinski definition) is 6. The van der Waals surface area contributed by atoms with Crippen LogP contribution in [0.1, 0.15) is 208 Å². The predicted octanol–water partition coefficient (Wildman–Crippen LogP) is 22.1. The monoisotopic (exact) mass is 1170 g/mol. The number of carboxylic acids is 1. The van der Waals surface area contributed by atoms with Gasteiger partial charge in [-0.3, -0.25) is 0 Å². The van der Waals surface area contributed by atoms with Gasteiger partial charge >= 0.3 is 5.97 Å². The number of anilines is 3. The third-order valence-corrected chi connectivity index (χ3v) is 21.9. The maximum Gasteiger partial charge on any atom is 0.346 e. The van der Waals surface area contributed by atoms with E-state index in [9.17, 15) is 15.2 Å². The number of carbonyl (C=O) groups is 1. The Morgan fingerprint density at radius 1 is 0.483 bits per heavy atom. The molecule has 0 fully saturated rings. The molecule has 87 heavy (non-hydrogen) atoms. The van der Waals surface area contributed by atoms with E-state index in [0.717, 1.165) is 130 Å². The zero-order valence-electron chi connectivity index (χ0n) is 52.5. The van der Waals surface area contributed by atoms with Crippen LogP contribution < -0.4 is 14.4 Å². The minimum Gasteiger partial charge on any atom is -0.485 e. The third kappa shape index (κ3) is 8.60. The quantitative estimate of drug-likeness (QED) is 0.0538. The van der Waals surface area contributed by atoms with Gasteiger partial charge in [0.25, 0.3) is 0 Å². The molecule has 7 heteroatoms. The first kappa shape index (κ1) is 58.4. The van der Waals surface area contributed by atoms with Crippen molar-refractivity contribution < 1.29 is 19.4 Å². The number of aliphatic carboxylic acids is 1. The van der Waals surface area contributed by atoms with Gasteiger partial charge in [0.2, 0.25) is 0 Å². The molecular weight excluding hydrogens is 1080 g/mol. The van der Waals surface area contributed by atoms with Gasteiger partial charge in [-0.25, -0.2) is 4.79 Å². The van der Waals surface area contributed by atoms with E-state index < -0.39 is 5.97 Å². The van der Waals surface area contributed by atoms with Crippen molar-refractivity contribution in [3.8, 4) is 72.5 Å². The minimum absolute atomic E-state index is 0.112. The summed E-state index contributed by atoms with van der Waals surface area (Å²) in [5, 5.41) is 19.7. The summed E-state index contributed by atoms with van der Waals surface area (Å²) < 4.78 is 12.5. The summed E-state index contributed by atoms with van der Waals surface area (Å²) in [5.41, 5.74) is 27.2. The average molecular weight is 1170 g/mol. The number of fused-ring (bicyclic) bond motifs is 16. The van der Waals surface area contributed by atoms with E-state index in [-0.39, 0.29) is 27.2 Å². The van der Waals surface area contributed by atoms with Crippen molar-refractivity contribution in [2.75, 3.05) is 18.1 Å². The molecule has 6 nitrogen and oxygen atoms in total. The summed E-state index contributed by atoms with van der Waals surface area (Å²) in [6, 6.07) is 54.3. The molecule has 1 aromatic heterocycles. The standard InChI is InChI=1S/C80H84N2O4S/c1-9-37-77(38-10-2)61-26-20-17-23-56(61)57-35-33-54(48-64(57)77)82(53-31-29-51(30-32-53)75-74-73(85-45-46-86-74)66(87-75)47-52(50-81)76(83)84)55-34-36-60-65(49-55)80(43-15-7,44-16-8)72-68-59-25-19-22-28-63(59)78(39-11-3,40-12-4)70(68)67-58-24-18-21-27-62(58)79(41-13-5,42-14-6)71(67)69(60)72/h17-36,47-49H,9-16,37-46H2,1-8H3,(H,83,84)/b52-47+. The van der Waals surface area contributed by atoms with Crippen LogP contribution in [0, 0.1) is 11.3 Å². The number of thiophene rings is 1. The molecule has 13 rings (SSSR count). The molecule has 2 heterocycles. The van der Waals surface area contributed by atoms with E-state index in [1.165, 1.54) is 78.6 Å². The number of benzene rings is 7. The van der Waals surface area contributed by atoms with E-state index in [1.54, 1.807) is 27.8 Å². The lowest BCUT2D eigenvalue weighted by Gasteiger charge is -2.39. The summed E-state index contributed by atoms with van der Waals surface area (Å²) in [6.07, 6.45) is 18.8. The van der Waals surface area contributed by atoms with Gasteiger partial charge in [-0.2, -0.15) is 5.26 Å². The fraction of sp³-hybridized carbons (Fsp3) is 0.375. The summed E-state index contributed by atoms with van der Waals surface area (Å²) >= 11 is 1.39. The summed E-state index contributed by atoms with van der Waals surface area (Å²) in [7, 11) is 0. The van der Waals surface area contributed by atoms with Gasteiger partial charge in [0.05, 0.1) is 9.75 Å². The maximum atomic E-state index is 12.1. The Balaban J connectivity index is 1.09. The number of carboxylic acid groups (broad SMARTS) is 1. The van der Waals surface area contributed by atoms with Gasteiger partial charge in [0, 0.05) is 38.7 Å². The molecule has 0 amide bonds. The van der Waals surface area contributed by atoms with E-state index in [4.69, 9.17) is 9.47 Å². The largest absolute Gasteiger partial charge is 0.485 e. The van der Waals surface area contributed by atoms with Crippen LogP contribution in [0.15, 0.2) is 139 Å². The highest BCUT2D eigenvalue weighted by molar-refractivity contribution is 7.17. The molecule has 8 aromatic rings. The number of nitriles is 1. The first-order valence-corrected chi connectivity index (χ1v) is 33.9. The van der Waals surface area contributed by atoms with Gasteiger partial charge < -0.3 is 19.5 Å². The van der Waals surface area contributed by atoms with Crippen molar-refractivity contribution in [2.45, 2.75) is 180 Å². The zero-order valence-corrected chi connectivity index (χ0v) is 53.3. The first-order chi connectivity index (χ1) is 42.5. The zero-order chi connectivity index (χ0) is 60.4. The second-order valence-electron chi connectivity index (χ2n) is 25.7.